The van der Waals surface area contributed by atoms with Gasteiger partial charge in [-0.05, 0) is 47.6 Å². The summed E-state index contributed by atoms with van der Waals surface area (Å²) < 4.78 is 2.26. The molecule has 0 spiro atoms. The number of imidazole rings is 1. The van der Waals surface area contributed by atoms with Crippen molar-refractivity contribution in [3.63, 3.8) is 0 Å². The molecular formula is C24H25N7O. The number of nitrogens with one attached hydrogen (secondary N) is 1. The Hall–Kier alpha value is -3.68. The number of nitroso groups, excluding NO2 is 1. The summed E-state index contributed by atoms with van der Waals surface area (Å²) in [4.78, 5) is 16.0. The second-order valence-electron chi connectivity index (χ2n) is 8.20. The van der Waals surface area contributed by atoms with Crippen molar-refractivity contribution in [3.05, 3.63) is 76.7 Å². The highest BCUT2D eigenvalue weighted by molar-refractivity contribution is 5.80. The van der Waals surface area contributed by atoms with Gasteiger partial charge in [-0.15, -0.1) is 10.2 Å². The third-order valence-electron chi connectivity index (χ3n) is 6.26. The Kier molecular flexibility index (Phi) is 5.58. The first kappa shape index (κ1) is 20.2. The summed E-state index contributed by atoms with van der Waals surface area (Å²) >= 11 is 0. The molecule has 4 aromatic rings. The summed E-state index contributed by atoms with van der Waals surface area (Å²) in [6, 6.07) is 16.5. The van der Waals surface area contributed by atoms with E-state index in [0.29, 0.717) is 5.82 Å². The van der Waals surface area contributed by atoms with E-state index in [2.05, 4.69) is 72.6 Å². The Bertz CT molecular complexity index is 1200. The zero-order chi connectivity index (χ0) is 21.9. The number of tetrazole rings is 1. The van der Waals surface area contributed by atoms with Gasteiger partial charge in [0.2, 0.25) is 5.82 Å². The second-order valence-corrected chi connectivity index (χ2v) is 8.20. The van der Waals surface area contributed by atoms with Gasteiger partial charge in [0.1, 0.15) is 11.9 Å². The molecule has 5 rings (SSSR count). The molecule has 0 radical (unpaired) electrons. The third-order valence-corrected chi connectivity index (χ3v) is 6.26. The summed E-state index contributed by atoms with van der Waals surface area (Å²) in [5.74, 6) is 1.38. The van der Waals surface area contributed by atoms with Crippen molar-refractivity contribution in [3.8, 4) is 22.5 Å². The van der Waals surface area contributed by atoms with Gasteiger partial charge in [0.05, 0.1) is 6.04 Å². The molecule has 0 aliphatic carbocycles. The molecule has 32 heavy (non-hydrogen) atoms. The molecule has 0 saturated heterocycles. The number of aryl methyl sites for hydroxylation is 1. The molecule has 162 valence electrons. The molecule has 8 heteroatoms. The molecule has 0 amide bonds. The van der Waals surface area contributed by atoms with Gasteiger partial charge in [-0.2, -0.15) is 10.1 Å². The lowest BCUT2D eigenvalue weighted by molar-refractivity contribution is 0.390. The van der Waals surface area contributed by atoms with E-state index in [1.165, 1.54) is 11.3 Å². The predicted molar refractivity (Wildman–Crippen MR) is 122 cm³/mol. The molecule has 2 aromatic carbocycles. The first-order chi connectivity index (χ1) is 15.8. The van der Waals surface area contributed by atoms with Gasteiger partial charge in [0, 0.05) is 17.5 Å². The quantitative estimate of drug-likeness (QED) is 0.405. The Balaban J connectivity index is 1.50. The minimum Gasteiger partial charge on any atom is -0.323 e. The number of rotatable bonds is 7. The second kappa shape index (κ2) is 8.82. The van der Waals surface area contributed by atoms with E-state index in [1.807, 2.05) is 24.4 Å². The zero-order valence-electron chi connectivity index (χ0n) is 18.0. The van der Waals surface area contributed by atoms with Crippen LogP contribution in [0.25, 0.3) is 22.5 Å². The smallest absolute Gasteiger partial charge is 0.205 e. The molecule has 2 atom stereocenters. The minimum atomic E-state index is -0.359. The molecule has 0 saturated carbocycles. The number of aromatic amines is 1. The summed E-state index contributed by atoms with van der Waals surface area (Å²) in [6.45, 7) is 2.19. The lowest BCUT2D eigenvalue weighted by atomic mass is 9.92. The Morgan fingerprint density at radius 2 is 1.91 bits per heavy atom. The number of hydrogen-bond acceptors (Lipinski definition) is 6. The maximum absolute atomic E-state index is 11.4. The molecule has 2 aromatic heterocycles. The summed E-state index contributed by atoms with van der Waals surface area (Å²) in [7, 11) is 0. The van der Waals surface area contributed by atoms with Crippen molar-refractivity contribution in [2.24, 2.45) is 5.18 Å². The number of unbranched alkanes of at least 4 members (excludes halogenated alkanes) is 1. The van der Waals surface area contributed by atoms with E-state index in [4.69, 9.17) is 0 Å². The van der Waals surface area contributed by atoms with Crippen LogP contribution in [0.4, 0.5) is 0 Å². The van der Waals surface area contributed by atoms with Gasteiger partial charge >= 0.3 is 0 Å². The Morgan fingerprint density at radius 3 is 2.62 bits per heavy atom. The molecule has 0 fully saturated rings. The summed E-state index contributed by atoms with van der Waals surface area (Å²) in [5.41, 5.74) is 5.49. The van der Waals surface area contributed by atoms with E-state index in [-0.39, 0.29) is 12.1 Å². The average Bonchev–Trinajstić information content (AvgIpc) is 3.53. The van der Waals surface area contributed by atoms with Crippen LogP contribution < -0.4 is 0 Å². The van der Waals surface area contributed by atoms with Crippen molar-refractivity contribution in [2.75, 3.05) is 0 Å². The molecule has 1 N–H and O–H groups in total. The molecule has 1 aliphatic heterocycles. The first-order valence-corrected chi connectivity index (χ1v) is 11.1. The van der Waals surface area contributed by atoms with Crippen molar-refractivity contribution in [1.82, 2.24) is 30.2 Å². The molecular weight excluding hydrogens is 402 g/mol. The van der Waals surface area contributed by atoms with Crippen molar-refractivity contribution >= 4 is 0 Å². The van der Waals surface area contributed by atoms with Crippen LogP contribution in [0.15, 0.2) is 59.9 Å². The SMILES string of the molecule is CCCCc1cnc2n1C(c1ccc(-c3ccccc3-c3nn[nH]n3)cc1)CCC2N=O. The largest absolute Gasteiger partial charge is 0.323 e. The maximum Gasteiger partial charge on any atom is 0.205 e. The zero-order valence-corrected chi connectivity index (χ0v) is 18.0. The van der Waals surface area contributed by atoms with Crippen LogP contribution in [0.2, 0.25) is 0 Å². The highest BCUT2D eigenvalue weighted by atomic mass is 16.3. The van der Waals surface area contributed by atoms with E-state index in [1.54, 1.807) is 0 Å². The van der Waals surface area contributed by atoms with Crippen molar-refractivity contribution in [2.45, 2.75) is 51.1 Å². The van der Waals surface area contributed by atoms with Gasteiger partial charge in [-0.1, -0.05) is 67.1 Å². The topological polar surface area (TPSA) is 102 Å². The van der Waals surface area contributed by atoms with Crippen molar-refractivity contribution < 1.29 is 0 Å². The molecule has 2 unspecified atom stereocenters. The van der Waals surface area contributed by atoms with Crippen LogP contribution >= 0.6 is 0 Å². The monoisotopic (exact) mass is 427 g/mol. The number of hydrogen-bond donors (Lipinski definition) is 1. The predicted octanol–water partition coefficient (Wildman–Crippen LogP) is 5.26. The van der Waals surface area contributed by atoms with Gasteiger partial charge in [0.15, 0.2) is 0 Å². The number of fused-ring (bicyclic) bond motifs is 1. The number of aromatic nitrogens is 6. The lowest BCUT2D eigenvalue weighted by Crippen LogP contribution is -2.23. The fourth-order valence-electron chi connectivity index (χ4n) is 4.64. The number of benzene rings is 2. The first-order valence-electron chi connectivity index (χ1n) is 11.1. The number of H-pyrrole nitrogens is 1. The fraction of sp³-hybridized carbons (Fsp3) is 0.333. The van der Waals surface area contributed by atoms with Gasteiger partial charge in [0.25, 0.3) is 0 Å². The highest BCUT2D eigenvalue weighted by Gasteiger charge is 2.31. The Labute approximate surface area is 186 Å². The maximum atomic E-state index is 11.4. The highest BCUT2D eigenvalue weighted by Crippen LogP contribution is 2.39. The van der Waals surface area contributed by atoms with Crippen LogP contribution in [0, 0.1) is 4.91 Å². The average molecular weight is 428 g/mol. The van der Waals surface area contributed by atoms with Crippen LogP contribution in [0.3, 0.4) is 0 Å². The van der Waals surface area contributed by atoms with E-state index >= 15 is 0 Å². The molecule has 3 heterocycles. The Morgan fingerprint density at radius 1 is 1.09 bits per heavy atom. The molecule has 1 aliphatic rings. The van der Waals surface area contributed by atoms with Crippen LogP contribution in [0.5, 0.6) is 0 Å². The van der Waals surface area contributed by atoms with Crippen LogP contribution in [-0.4, -0.2) is 30.2 Å². The van der Waals surface area contributed by atoms with Gasteiger partial charge < -0.3 is 4.57 Å². The molecule has 0 bridgehead atoms. The molecule has 8 nitrogen and oxygen atoms in total. The van der Waals surface area contributed by atoms with Crippen LogP contribution in [-0.2, 0) is 6.42 Å². The van der Waals surface area contributed by atoms with E-state index in [9.17, 15) is 4.91 Å². The minimum absolute atomic E-state index is 0.166. The van der Waals surface area contributed by atoms with E-state index < -0.39 is 0 Å². The lowest BCUT2D eigenvalue weighted by Gasteiger charge is -2.30. The van der Waals surface area contributed by atoms with Gasteiger partial charge in [-0.3, -0.25) is 0 Å². The summed E-state index contributed by atoms with van der Waals surface area (Å²) in [6.07, 6.45) is 6.70. The van der Waals surface area contributed by atoms with Crippen LogP contribution in [0.1, 0.15) is 61.8 Å². The normalized spacial score (nSPS) is 17.8. The number of nitrogens with zero attached hydrogens (tertiary/aromatic N) is 6. The van der Waals surface area contributed by atoms with E-state index in [0.717, 1.165) is 54.6 Å². The van der Waals surface area contributed by atoms with Gasteiger partial charge in [-0.25, -0.2) is 4.98 Å². The fourth-order valence-corrected chi connectivity index (χ4v) is 4.64. The standard InChI is InChI=1S/C24H25N7O/c1-2-3-6-18-15-25-24-21(28-32)13-14-22(31(18)24)17-11-9-16(10-12-17)19-7-4-5-8-20(19)23-26-29-30-27-23/h4-5,7-12,15,21-22H,2-3,6,13-14H2,1H3,(H,26,27,29,30). The summed E-state index contributed by atoms with van der Waals surface area (Å²) in [5, 5.41) is 17.8. The van der Waals surface area contributed by atoms with Crippen molar-refractivity contribution in [1.29, 1.82) is 0 Å². The third kappa shape index (κ3) is 3.62.